The van der Waals surface area contributed by atoms with Gasteiger partial charge in [0.25, 0.3) is 0 Å². The van der Waals surface area contributed by atoms with Crippen LogP contribution in [0.25, 0.3) is 0 Å². The van der Waals surface area contributed by atoms with Crippen LogP contribution in [0.15, 0.2) is 48.8 Å². The first kappa shape index (κ1) is 17.4. The van der Waals surface area contributed by atoms with Gasteiger partial charge in [-0.2, -0.15) is 0 Å². The maximum Gasteiger partial charge on any atom is 0.319 e. The number of carbonyl (C=O) groups is 1. The molecule has 0 bridgehead atoms. The molecule has 0 aliphatic heterocycles. The van der Waals surface area contributed by atoms with Crippen molar-refractivity contribution >= 4 is 17.4 Å². The van der Waals surface area contributed by atoms with Crippen LogP contribution in [0, 0.1) is 10.1 Å². The highest BCUT2D eigenvalue weighted by Crippen LogP contribution is 2.22. The fourth-order valence-corrected chi connectivity index (χ4v) is 2.27. The molecule has 1 aromatic carbocycles. The number of anilines is 1. The van der Waals surface area contributed by atoms with Gasteiger partial charge in [-0.25, -0.2) is 4.79 Å². The number of carbonyl (C=O) groups excluding carboxylic acids is 1. The summed E-state index contributed by atoms with van der Waals surface area (Å²) in [7, 11) is 3.84. The fraction of sp³-hybridized carbons (Fsp3) is 0.250. The lowest BCUT2D eigenvalue weighted by molar-refractivity contribution is -0.384. The van der Waals surface area contributed by atoms with Crippen molar-refractivity contribution in [2.24, 2.45) is 0 Å². The first-order valence-electron chi connectivity index (χ1n) is 7.33. The van der Waals surface area contributed by atoms with E-state index in [1.807, 2.05) is 49.3 Å². The van der Waals surface area contributed by atoms with Crippen molar-refractivity contribution in [1.29, 1.82) is 0 Å². The molecule has 1 aromatic heterocycles. The molecule has 1 heterocycles. The Labute approximate surface area is 139 Å². The molecule has 0 saturated carbocycles. The van der Waals surface area contributed by atoms with E-state index < -0.39 is 11.0 Å². The summed E-state index contributed by atoms with van der Waals surface area (Å²) in [5, 5.41) is 16.2. The number of rotatable bonds is 6. The molecule has 0 aliphatic rings. The normalized spacial score (nSPS) is 11.8. The largest absolute Gasteiger partial charge is 0.336 e. The molecule has 0 fully saturated rings. The average molecular weight is 329 g/mol. The quantitative estimate of drug-likeness (QED) is 0.626. The molecular weight excluding hydrogens is 310 g/mol. The smallest absolute Gasteiger partial charge is 0.319 e. The Kier molecular flexibility index (Phi) is 5.80. The second kappa shape index (κ2) is 8.02. The minimum Gasteiger partial charge on any atom is -0.336 e. The molecule has 0 aliphatic carbocycles. The molecule has 0 radical (unpaired) electrons. The van der Waals surface area contributed by atoms with Crippen LogP contribution in [0.2, 0.25) is 0 Å². The third-order valence-electron chi connectivity index (χ3n) is 3.51. The zero-order valence-electron chi connectivity index (χ0n) is 13.5. The number of hydrogen-bond acceptors (Lipinski definition) is 5. The lowest BCUT2D eigenvalue weighted by Gasteiger charge is -2.25. The predicted octanol–water partition coefficient (Wildman–Crippen LogP) is 2.41. The van der Waals surface area contributed by atoms with Gasteiger partial charge in [-0.05, 0) is 25.7 Å². The molecule has 126 valence electrons. The van der Waals surface area contributed by atoms with Crippen LogP contribution in [0.5, 0.6) is 0 Å². The lowest BCUT2D eigenvalue weighted by Crippen LogP contribution is -2.37. The Hall–Kier alpha value is -3.00. The molecule has 0 unspecified atom stereocenters. The minimum atomic E-state index is -0.588. The van der Waals surface area contributed by atoms with Crippen molar-refractivity contribution in [3.8, 4) is 0 Å². The Bertz CT molecular complexity index is 706. The van der Waals surface area contributed by atoms with Gasteiger partial charge in [-0.15, -0.1) is 0 Å². The van der Waals surface area contributed by atoms with E-state index in [2.05, 4.69) is 15.6 Å². The summed E-state index contributed by atoms with van der Waals surface area (Å²) >= 11 is 0. The number of urea groups is 1. The number of hydrogen-bond donors (Lipinski definition) is 2. The minimum absolute atomic E-state index is 0.00984. The van der Waals surface area contributed by atoms with Gasteiger partial charge in [0.1, 0.15) is 11.9 Å². The van der Waals surface area contributed by atoms with Crippen LogP contribution in [0.4, 0.5) is 16.2 Å². The standard InChI is InChI=1S/C16H19N5O3/c1-20(2)14(12-6-4-3-5-7-12)11-18-16(22)19-13-8-9-17-10-15(13)21(23)24/h3-10,14H,11H2,1-2H3,(H2,17,18,19,22)/t14-/m0/s1. The predicted molar refractivity (Wildman–Crippen MR) is 90.8 cm³/mol. The summed E-state index contributed by atoms with van der Waals surface area (Å²) in [4.78, 5) is 28.1. The molecule has 24 heavy (non-hydrogen) atoms. The average Bonchev–Trinajstić information content (AvgIpc) is 2.56. The molecule has 0 spiro atoms. The van der Waals surface area contributed by atoms with Gasteiger partial charge in [-0.1, -0.05) is 30.3 Å². The Morgan fingerprint density at radius 2 is 2.00 bits per heavy atom. The molecule has 2 amide bonds. The third kappa shape index (κ3) is 4.50. The van der Waals surface area contributed by atoms with Gasteiger partial charge in [0.05, 0.1) is 11.0 Å². The van der Waals surface area contributed by atoms with Crippen LogP contribution in [0.1, 0.15) is 11.6 Å². The molecule has 0 saturated heterocycles. The number of amides is 2. The molecule has 2 aromatic rings. The molecule has 2 rings (SSSR count). The van der Waals surface area contributed by atoms with E-state index in [1.165, 1.54) is 12.3 Å². The van der Waals surface area contributed by atoms with Crippen LogP contribution < -0.4 is 10.6 Å². The van der Waals surface area contributed by atoms with E-state index >= 15 is 0 Å². The highest BCUT2D eigenvalue weighted by Gasteiger charge is 2.18. The van der Waals surface area contributed by atoms with Crippen molar-refractivity contribution < 1.29 is 9.72 Å². The zero-order chi connectivity index (χ0) is 17.5. The lowest BCUT2D eigenvalue weighted by atomic mass is 10.1. The number of aromatic nitrogens is 1. The van der Waals surface area contributed by atoms with Crippen molar-refractivity contribution in [2.45, 2.75) is 6.04 Å². The van der Waals surface area contributed by atoms with Gasteiger partial charge in [0, 0.05) is 12.7 Å². The van der Waals surface area contributed by atoms with Crippen molar-refractivity contribution in [2.75, 3.05) is 26.0 Å². The second-order valence-corrected chi connectivity index (χ2v) is 5.38. The second-order valence-electron chi connectivity index (χ2n) is 5.38. The highest BCUT2D eigenvalue weighted by atomic mass is 16.6. The van der Waals surface area contributed by atoms with Gasteiger partial charge in [-0.3, -0.25) is 15.1 Å². The van der Waals surface area contributed by atoms with E-state index in [-0.39, 0.29) is 17.4 Å². The molecule has 2 N–H and O–H groups in total. The van der Waals surface area contributed by atoms with E-state index in [0.717, 1.165) is 11.8 Å². The van der Waals surface area contributed by atoms with Crippen LogP contribution in [-0.2, 0) is 0 Å². The van der Waals surface area contributed by atoms with Crippen LogP contribution >= 0.6 is 0 Å². The first-order valence-corrected chi connectivity index (χ1v) is 7.33. The molecule has 1 atom stereocenters. The van der Waals surface area contributed by atoms with E-state index in [0.29, 0.717) is 6.54 Å². The maximum absolute atomic E-state index is 12.1. The summed E-state index contributed by atoms with van der Waals surface area (Å²) in [6.45, 7) is 0.363. The highest BCUT2D eigenvalue weighted by molar-refractivity contribution is 5.91. The molecule has 8 heteroatoms. The molecular formula is C16H19N5O3. The van der Waals surface area contributed by atoms with Crippen molar-refractivity contribution in [1.82, 2.24) is 15.2 Å². The topological polar surface area (TPSA) is 100 Å². The van der Waals surface area contributed by atoms with Gasteiger partial charge >= 0.3 is 11.7 Å². The van der Waals surface area contributed by atoms with Gasteiger partial charge in [0.2, 0.25) is 0 Å². The zero-order valence-corrected chi connectivity index (χ0v) is 13.5. The van der Waals surface area contributed by atoms with Crippen LogP contribution in [-0.4, -0.2) is 41.5 Å². The summed E-state index contributed by atoms with van der Waals surface area (Å²) < 4.78 is 0. The number of pyridine rings is 1. The van der Waals surface area contributed by atoms with E-state index in [9.17, 15) is 14.9 Å². The van der Waals surface area contributed by atoms with Gasteiger partial charge in [0.15, 0.2) is 0 Å². The van der Waals surface area contributed by atoms with Crippen molar-refractivity contribution in [3.05, 3.63) is 64.5 Å². The summed E-state index contributed by atoms with van der Waals surface area (Å²) in [6, 6.07) is 10.6. The number of nitrogens with one attached hydrogen (secondary N) is 2. The Morgan fingerprint density at radius 1 is 1.29 bits per heavy atom. The summed E-state index contributed by atoms with van der Waals surface area (Å²) in [6.07, 6.45) is 2.48. The van der Waals surface area contributed by atoms with Gasteiger partial charge < -0.3 is 15.5 Å². The SMILES string of the molecule is CN(C)[C@@H](CNC(=O)Nc1ccncc1[N+](=O)[O-])c1ccccc1. The van der Waals surface area contributed by atoms with E-state index in [4.69, 9.17) is 0 Å². The maximum atomic E-state index is 12.1. The number of likely N-dealkylation sites (N-methyl/N-ethyl adjacent to an activating group) is 1. The number of nitro groups is 1. The monoisotopic (exact) mass is 329 g/mol. The molecule has 8 nitrogen and oxygen atoms in total. The first-order chi connectivity index (χ1) is 11.5. The third-order valence-corrected chi connectivity index (χ3v) is 3.51. The number of nitrogens with zero attached hydrogens (tertiary/aromatic N) is 3. The fourth-order valence-electron chi connectivity index (χ4n) is 2.27. The Morgan fingerprint density at radius 3 is 2.62 bits per heavy atom. The summed E-state index contributed by atoms with van der Waals surface area (Å²) in [5.74, 6) is 0. The Balaban J connectivity index is 2.01. The van der Waals surface area contributed by atoms with Crippen molar-refractivity contribution in [3.63, 3.8) is 0 Å². The van der Waals surface area contributed by atoms with Crippen LogP contribution in [0.3, 0.4) is 0 Å². The van der Waals surface area contributed by atoms with E-state index in [1.54, 1.807) is 0 Å². The number of benzene rings is 1. The summed E-state index contributed by atoms with van der Waals surface area (Å²) in [5.41, 5.74) is 0.922.